The molecule has 1 N–H and O–H groups in total. The lowest BCUT2D eigenvalue weighted by molar-refractivity contribution is 0.120. The van der Waals surface area contributed by atoms with E-state index in [1.165, 1.54) is 6.07 Å². The summed E-state index contributed by atoms with van der Waals surface area (Å²) in [7, 11) is 0. The zero-order valence-corrected chi connectivity index (χ0v) is 13.2. The summed E-state index contributed by atoms with van der Waals surface area (Å²) >= 11 is 5.95. The molecule has 2 unspecified atom stereocenters. The molecule has 1 aliphatic rings. The molecule has 1 aromatic heterocycles. The third-order valence-corrected chi connectivity index (χ3v) is 4.42. The molecule has 0 saturated carbocycles. The number of aliphatic hydroxyl groups excluding tert-OH is 1. The molecular formula is C17H17ClF2N2O. The molecule has 1 saturated heterocycles. The van der Waals surface area contributed by atoms with E-state index >= 15 is 0 Å². The van der Waals surface area contributed by atoms with Crippen LogP contribution in [0.2, 0.25) is 5.02 Å². The van der Waals surface area contributed by atoms with Crippen molar-refractivity contribution in [3.05, 3.63) is 47.4 Å². The van der Waals surface area contributed by atoms with Crippen LogP contribution in [0.5, 0.6) is 0 Å². The molecule has 0 aliphatic carbocycles. The summed E-state index contributed by atoms with van der Waals surface area (Å²) in [4.78, 5) is 5.76. The highest BCUT2D eigenvalue weighted by atomic mass is 35.5. The number of hydrogen-bond acceptors (Lipinski definition) is 3. The van der Waals surface area contributed by atoms with Crippen LogP contribution >= 0.6 is 11.6 Å². The van der Waals surface area contributed by atoms with Crippen LogP contribution in [0.25, 0.3) is 11.1 Å². The van der Waals surface area contributed by atoms with Crippen LogP contribution in [-0.4, -0.2) is 36.0 Å². The summed E-state index contributed by atoms with van der Waals surface area (Å²) in [6, 6.07) is 8.49. The minimum atomic E-state index is -1.18. The SMILES string of the molecule is OCC1CCN(c2ncc(-c3cccc(Cl)c3)cc2F)CC1F. The van der Waals surface area contributed by atoms with Crippen LogP contribution in [0.3, 0.4) is 0 Å². The third-order valence-electron chi connectivity index (χ3n) is 4.19. The number of aromatic nitrogens is 1. The van der Waals surface area contributed by atoms with E-state index in [0.717, 1.165) is 5.56 Å². The number of aliphatic hydroxyl groups is 1. The molecule has 2 heterocycles. The Kier molecular flexibility index (Phi) is 4.78. The van der Waals surface area contributed by atoms with Gasteiger partial charge in [-0.1, -0.05) is 23.7 Å². The van der Waals surface area contributed by atoms with Gasteiger partial charge in [0.25, 0.3) is 0 Å². The standard InChI is InChI=1S/C17H17ClF2N2O/c18-14-3-1-2-11(6-14)13-7-15(19)17(21-8-13)22-5-4-12(10-23)16(20)9-22/h1-3,6-8,12,16,23H,4-5,9-10H2. The average Bonchev–Trinajstić information content (AvgIpc) is 2.54. The number of halogens is 3. The smallest absolute Gasteiger partial charge is 0.166 e. The molecule has 1 aliphatic heterocycles. The topological polar surface area (TPSA) is 36.4 Å². The Balaban J connectivity index is 1.83. The van der Waals surface area contributed by atoms with Crippen molar-refractivity contribution in [2.24, 2.45) is 5.92 Å². The number of hydrogen-bond donors (Lipinski definition) is 1. The Morgan fingerprint density at radius 1 is 1.30 bits per heavy atom. The molecule has 122 valence electrons. The van der Waals surface area contributed by atoms with Gasteiger partial charge in [0.1, 0.15) is 6.17 Å². The fraction of sp³-hybridized carbons (Fsp3) is 0.353. The van der Waals surface area contributed by atoms with Crippen LogP contribution in [0, 0.1) is 11.7 Å². The van der Waals surface area contributed by atoms with Crippen LogP contribution in [0.1, 0.15) is 6.42 Å². The number of piperidine rings is 1. The second kappa shape index (κ2) is 6.81. The van der Waals surface area contributed by atoms with Crippen LogP contribution in [0.15, 0.2) is 36.5 Å². The number of benzene rings is 1. The molecule has 6 heteroatoms. The minimum absolute atomic E-state index is 0.0473. The maximum Gasteiger partial charge on any atom is 0.166 e. The predicted octanol–water partition coefficient (Wildman–Crippen LogP) is 3.70. The van der Waals surface area contributed by atoms with Gasteiger partial charge in [0.05, 0.1) is 6.54 Å². The van der Waals surface area contributed by atoms with Crippen LogP contribution in [-0.2, 0) is 0 Å². The van der Waals surface area contributed by atoms with Crippen molar-refractivity contribution in [3.8, 4) is 11.1 Å². The highest BCUT2D eigenvalue weighted by Crippen LogP contribution is 2.29. The van der Waals surface area contributed by atoms with Gasteiger partial charge >= 0.3 is 0 Å². The van der Waals surface area contributed by atoms with E-state index < -0.39 is 12.0 Å². The molecule has 0 spiro atoms. The molecule has 2 atom stereocenters. The van der Waals surface area contributed by atoms with Gasteiger partial charge in [-0.05, 0) is 30.2 Å². The van der Waals surface area contributed by atoms with E-state index in [1.807, 2.05) is 6.07 Å². The van der Waals surface area contributed by atoms with Crippen molar-refractivity contribution in [1.29, 1.82) is 0 Å². The predicted molar refractivity (Wildman–Crippen MR) is 86.9 cm³/mol. The van der Waals surface area contributed by atoms with Crippen molar-refractivity contribution in [3.63, 3.8) is 0 Å². The summed E-state index contributed by atoms with van der Waals surface area (Å²) in [5.41, 5.74) is 1.40. The van der Waals surface area contributed by atoms with Crippen molar-refractivity contribution in [2.45, 2.75) is 12.6 Å². The molecule has 0 bridgehead atoms. The number of rotatable bonds is 3. The number of anilines is 1. The quantitative estimate of drug-likeness (QED) is 0.927. The van der Waals surface area contributed by atoms with E-state index in [9.17, 15) is 8.78 Å². The molecule has 3 rings (SSSR count). The highest BCUT2D eigenvalue weighted by molar-refractivity contribution is 6.30. The van der Waals surface area contributed by atoms with E-state index in [1.54, 1.807) is 29.3 Å². The lowest BCUT2D eigenvalue weighted by atomic mass is 9.96. The molecule has 1 fully saturated rings. The van der Waals surface area contributed by atoms with Crippen molar-refractivity contribution in [2.75, 3.05) is 24.6 Å². The van der Waals surface area contributed by atoms with Gasteiger partial charge in [0, 0.05) is 35.9 Å². The highest BCUT2D eigenvalue weighted by Gasteiger charge is 2.30. The van der Waals surface area contributed by atoms with Gasteiger partial charge in [-0.15, -0.1) is 0 Å². The molecule has 0 radical (unpaired) electrons. The molecule has 1 aromatic carbocycles. The van der Waals surface area contributed by atoms with Gasteiger partial charge in [-0.25, -0.2) is 13.8 Å². The molecule has 0 amide bonds. The van der Waals surface area contributed by atoms with Gasteiger partial charge < -0.3 is 10.0 Å². The van der Waals surface area contributed by atoms with Crippen molar-refractivity contribution < 1.29 is 13.9 Å². The number of nitrogens with zero attached hydrogens (tertiary/aromatic N) is 2. The maximum absolute atomic E-state index is 14.4. The summed E-state index contributed by atoms with van der Waals surface area (Å²) in [6.45, 7) is 0.344. The van der Waals surface area contributed by atoms with Crippen LogP contribution < -0.4 is 4.90 Å². The fourth-order valence-electron chi connectivity index (χ4n) is 2.84. The Morgan fingerprint density at radius 3 is 2.78 bits per heavy atom. The van der Waals surface area contributed by atoms with E-state index in [4.69, 9.17) is 16.7 Å². The second-order valence-electron chi connectivity index (χ2n) is 5.73. The monoisotopic (exact) mass is 338 g/mol. The molecule has 2 aromatic rings. The lowest BCUT2D eigenvalue weighted by Crippen LogP contribution is -2.43. The first-order valence-electron chi connectivity index (χ1n) is 7.50. The first-order valence-corrected chi connectivity index (χ1v) is 7.87. The summed E-state index contributed by atoms with van der Waals surface area (Å²) in [5.74, 6) is -0.716. The summed E-state index contributed by atoms with van der Waals surface area (Å²) in [6.07, 6.45) is 0.868. The Morgan fingerprint density at radius 2 is 2.13 bits per heavy atom. The normalized spacial score (nSPS) is 21.5. The Bertz CT molecular complexity index is 698. The van der Waals surface area contributed by atoms with Crippen molar-refractivity contribution in [1.82, 2.24) is 4.98 Å². The second-order valence-corrected chi connectivity index (χ2v) is 6.17. The van der Waals surface area contributed by atoms with E-state index in [2.05, 4.69) is 4.98 Å². The van der Waals surface area contributed by atoms with E-state index in [0.29, 0.717) is 23.6 Å². The lowest BCUT2D eigenvalue weighted by Gasteiger charge is -2.34. The first kappa shape index (κ1) is 16.1. The molecular weight excluding hydrogens is 322 g/mol. The van der Waals surface area contributed by atoms with Gasteiger partial charge in [0.15, 0.2) is 11.6 Å². The minimum Gasteiger partial charge on any atom is -0.396 e. The molecule has 3 nitrogen and oxygen atoms in total. The largest absolute Gasteiger partial charge is 0.396 e. The fourth-order valence-corrected chi connectivity index (χ4v) is 3.03. The third kappa shape index (κ3) is 3.46. The number of alkyl halides is 1. The van der Waals surface area contributed by atoms with Gasteiger partial charge in [-0.2, -0.15) is 0 Å². The molecule has 23 heavy (non-hydrogen) atoms. The van der Waals surface area contributed by atoms with Gasteiger partial charge in [-0.3, -0.25) is 0 Å². The zero-order valence-electron chi connectivity index (χ0n) is 12.4. The summed E-state index contributed by atoms with van der Waals surface area (Å²) in [5, 5.41) is 9.67. The average molecular weight is 339 g/mol. The summed E-state index contributed by atoms with van der Waals surface area (Å²) < 4.78 is 28.4. The van der Waals surface area contributed by atoms with E-state index in [-0.39, 0.29) is 24.9 Å². The van der Waals surface area contributed by atoms with Crippen molar-refractivity contribution >= 4 is 17.4 Å². The Labute approximate surface area is 138 Å². The van der Waals surface area contributed by atoms with Gasteiger partial charge in [0.2, 0.25) is 0 Å². The number of pyridine rings is 1. The first-order chi connectivity index (χ1) is 11.1. The van der Waals surface area contributed by atoms with Crippen LogP contribution in [0.4, 0.5) is 14.6 Å². The maximum atomic E-state index is 14.4. The zero-order chi connectivity index (χ0) is 16.4. The Hall–Kier alpha value is -1.72.